The quantitative estimate of drug-likeness (QED) is 0.509. The van der Waals surface area contributed by atoms with Gasteiger partial charge in [-0.3, -0.25) is 4.79 Å². The molecular weight excluding hydrogens is 398 g/mol. The Morgan fingerprint density at radius 3 is 2.80 bits per heavy atom. The van der Waals surface area contributed by atoms with Crippen molar-refractivity contribution in [2.75, 3.05) is 6.61 Å². The molecule has 4 rings (SSSR count). The molecule has 1 atom stereocenters. The van der Waals surface area contributed by atoms with Gasteiger partial charge in [-0.25, -0.2) is 9.67 Å². The average molecular weight is 422 g/mol. The summed E-state index contributed by atoms with van der Waals surface area (Å²) in [5, 5.41) is 10.5. The van der Waals surface area contributed by atoms with Gasteiger partial charge in [-0.2, -0.15) is 10.1 Å². The summed E-state index contributed by atoms with van der Waals surface area (Å²) in [5.74, 6) is 0.199. The molecule has 4 aromatic rings. The fraction of sp³-hybridized carbons (Fsp3) is 0.273. The first kappa shape index (κ1) is 20.0. The van der Waals surface area contributed by atoms with Gasteiger partial charge in [0, 0.05) is 18.5 Å². The minimum Gasteiger partial charge on any atom is -0.468 e. The molecule has 7 nitrogen and oxygen atoms in total. The first-order chi connectivity index (χ1) is 14.4. The summed E-state index contributed by atoms with van der Waals surface area (Å²) < 4.78 is 7.41. The van der Waals surface area contributed by atoms with E-state index >= 15 is 0 Å². The summed E-state index contributed by atoms with van der Waals surface area (Å²) in [7, 11) is 1.84. The summed E-state index contributed by atoms with van der Waals surface area (Å²) in [6, 6.07) is 9.73. The van der Waals surface area contributed by atoms with E-state index in [4.69, 9.17) is 4.74 Å². The summed E-state index contributed by atoms with van der Waals surface area (Å²) in [5.41, 5.74) is 7.31. The number of thiazole rings is 1. The summed E-state index contributed by atoms with van der Waals surface area (Å²) >= 11 is 1.53. The monoisotopic (exact) mass is 421 g/mol. The zero-order chi connectivity index (χ0) is 21.3. The number of aryl methyl sites for hydroxylation is 3. The van der Waals surface area contributed by atoms with Crippen LogP contribution in [0, 0.1) is 13.8 Å². The van der Waals surface area contributed by atoms with E-state index in [-0.39, 0.29) is 18.6 Å². The molecule has 0 radical (unpaired) electrons. The fourth-order valence-electron chi connectivity index (χ4n) is 3.56. The van der Waals surface area contributed by atoms with Gasteiger partial charge < -0.3 is 10.1 Å². The number of hydrogen-bond acceptors (Lipinski definition) is 6. The minimum absolute atomic E-state index is 0.0998. The first-order valence-corrected chi connectivity index (χ1v) is 10.6. The largest absolute Gasteiger partial charge is 0.468 e. The van der Waals surface area contributed by atoms with Crippen molar-refractivity contribution in [3.63, 3.8) is 0 Å². The Morgan fingerprint density at radius 2 is 2.07 bits per heavy atom. The zero-order valence-corrected chi connectivity index (χ0v) is 18.2. The molecule has 3 heterocycles. The number of ether oxygens (including phenoxy) is 1. The van der Waals surface area contributed by atoms with Crippen LogP contribution in [0.4, 0.5) is 0 Å². The molecule has 1 amide bonds. The lowest BCUT2D eigenvalue weighted by molar-refractivity contribution is -0.123. The molecule has 0 spiro atoms. The molecule has 0 aliphatic rings. The molecular formula is C22H23N5O2S. The number of carbonyl (C=O) groups is 1. The van der Waals surface area contributed by atoms with Crippen molar-refractivity contribution in [3.05, 3.63) is 57.9 Å². The Bertz CT molecular complexity index is 1200. The lowest BCUT2D eigenvalue weighted by Gasteiger charge is -2.16. The smallest absolute Gasteiger partial charge is 0.258 e. The number of fused-ring (bicyclic) bond motifs is 1. The van der Waals surface area contributed by atoms with Crippen molar-refractivity contribution >= 4 is 28.3 Å². The maximum Gasteiger partial charge on any atom is 0.258 e. The summed E-state index contributed by atoms with van der Waals surface area (Å²) in [6.07, 6.45) is 0. The van der Waals surface area contributed by atoms with E-state index in [0.29, 0.717) is 11.5 Å². The van der Waals surface area contributed by atoms with E-state index in [1.54, 1.807) is 10.2 Å². The number of nitrogens with one attached hydrogen (secondary N) is 1. The van der Waals surface area contributed by atoms with Crippen LogP contribution in [0.15, 0.2) is 41.2 Å². The van der Waals surface area contributed by atoms with Crippen molar-refractivity contribution in [2.45, 2.75) is 26.8 Å². The molecule has 0 bridgehead atoms. The SMILES string of the molecule is Cc1ccccc1C(C)NC(=O)COc1cc(C)c2c(-c3cscn3)nn(C)c2n1. The highest BCUT2D eigenvalue weighted by molar-refractivity contribution is 7.07. The summed E-state index contributed by atoms with van der Waals surface area (Å²) in [4.78, 5) is 21.3. The van der Waals surface area contributed by atoms with Crippen LogP contribution in [-0.4, -0.2) is 32.3 Å². The normalized spacial score (nSPS) is 12.1. The highest BCUT2D eigenvalue weighted by Gasteiger charge is 2.18. The number of rotatable bonds is 6. The lowest BCUT2D eigenvalue weighted by Crippen LogP contribution is -2.31. The minimum atomic E-state index is -0.196. The average Bonchev–Trinajstić information content (AvgIpc) is 3.35. The van der Waals surface area contributed by atoms with Crippen molar-refractivity contribution in [3.8, 4) is 17.3 Å². The van der Waals surface area contributed by atoms with E-state index < -0.39 is 0 Å². The van der Waals surface area contributed by atoms with Crippen LogP contribution in [0.2, 0.25) is 0 Å². The molecule has 30 heavy (non-hydrogen) atoms. The number of hydrogen-bond donors (Lipinski definition) is 1. The first-order valence-electron chi connectivity index (χ1n) is 9.64. The second-order valence-corrected chi connectivity index (χ2v) is 7.98. The third-order valence-corrected chi connectivity index (χ3v) is 5.61. The molecule has 0 fully saturated rings. The molecule has 1 aromatic carbocycles. The maximum absolute atomic E-state index is 12.4. The Kier molecular flexibility index (Phi) is 5.50. The van der Waals surface area contributed by atoms with Crippen LogP contribution >= 0.6 is 11.3 Å². The van der Waals surface area contributed by atoms with Gasteiger partial charge in [0.05, 0.1) is 16.9 Å². The van der Waals surface area contributed by atoms with E-state index in [1.165, 1.54) is 11.3 Å². The standard InChI is InChI=1S/C22H23N5O2S/c1-13-7-5-6-8-16(13)15(3)24-18(28)10-29-19-9-14(2)20-21(17-11-30-12-23-17)26-27(4)22(20)25-19/h5-9,11-12,15H,10H2,1-4H3,(H,24,28). The van der Waals surface area contributed by atoms with Gasteiger partial charge in [-0.15, -0.1) is 11.3 Å². The molecule has 3 aromatic heterocycles. The van der Waals surface area contributed by atoms with Crippen LogP contribution in [0.5, 0.6) is 5.88 Å². The Labute approximate surface area is 178 Å². The van der Waals surface area contributed by atoms with Gasteiger partial charge in [0.15, 0.2) is 12.3 Å². The molecule has 1 unspecified atom stereocenters. The molecule has 8 heteroatoms. The van der Waals surface area contributed by atoms with E-state index in [0.717, 1.165) is 33.5 Å². The molecule has 0 aliphatic heterocycles. The molecule has 0 aliphatic carbocycles. The Balaban J connectivity index is 1.49. The van der Waals surface area contributed by atoms with Crippen molar-refractivity contribution in [2.24, 2.45) is 7.05 Å². The predicted octanol–water partition coefficient (Wildman–Crippen LogP) is 3.96. The number of nitrogens with zero attached hydrogens (tertiary/aromatic N) is 4. The third-order valence-electron chi connectivity index (χ3n) is 5.03. The number of aromatic nitrogens is 4. The van der Waals surface area contributed by atoms with Crippen LogP contribution in [0.25, 0.3) is 22.4 Å². The van der Waals surface area contributed by atoms with Crippen LogP contribution in [0.3, 0.4) is 0 Å². The molecule has 0 saturated carbocycles. The number of carbonyl (C=O) groups excluding carboxylic acids is 1. The van der Waals surface area contributed by atoms with Gasteiger partial charge in [-0.1, -0.05) is 24.3 Å². The number of benzene rings is 1. The van der Waals surface area contributed by atoms with Crippen molar-refractivity contribution in [1.29, 1.82) is 0 Å². The maximum atomic E-state index is 12.4. The molecule has 1 N–H and O–H groups in total. The van der Waals surface area contributed by atoms with Gasteiger partial charge in [0.2, 0.25) is 5.88 Å². The topological polar surface area (TPSA) is 81.9 Å². The molecule has 0 saturated heterocycles. The van der Waals surface area contributed by atoms with Gasteiger partial charge >= 0.3 is 0 Å². The highest BCUT2D eigenvalue weighted by atomic mass is 32.1. The summed E-state index contributed by atoms with van der Waals surface area (Å²) in [6.45, 7) is 5.87. The third kappa shape index (κ3) is 3.91. The van der Waals surface area contributed by atoms with Gasteiger partial charge in [0.1, 0.15) is 11.4 Å². The van der Waals surface area contributed by atoms with E-state index in [2.05, 4.69) is 20.4 Å². The van der Waals surface area contributed by atoms with Gasteiger partial charge in [-0.05, 0) is 37.5 Å². The van der Waals surface area contributed by atoms with E-state index in [1.807, 2.05) is 63.5 Å². The second kappa shape index (κ2) is 8.23. The molecule has 154 valence electrons. The fourth-order valence-corrected chi connectivity index (χ4v) is 4.09. The van der Waals surface area contributed by atoms with Crippen molar-refractivity contribution in [1.82, 2.24) is 25.1 Å². The number of amides is 1. The second-order valence-electron chi connectivity index (χ2n) is 7.26. The van der Waals surface area contributed by atoms with E-state index in [9.17, 15) is 4.79 Å². The van der Waals surface area contributed by atoms with Crippen LogP contribution in [0.1, 0.15) is 29.7 Å². The van der Waals surface area contributed by atoms with Crippen molar-refractivity contribution < 1.29 is 9.53 Å². The zero-order valence-electron chi connectivity index (χ0n) is 17.3. The van der Waals surface area contributed by atoms with Crippen LogP contribution < -0.4 is 10.1 Å². The number of pyridine rings is 1. The van der Waals surface area contributed by atoms with Crippen LogP contribution in [-0.2, 0) is 11.8 Å². The Morgan fingerprint density at radius 1 is 1.27 bits per heavy atom. The lowest BCUT2D eigenvalue weighted by atomic mass is 10.0. The van der Waals surface area contributed by atoms with Gasteiger partial charge in [0.25, 0.3) is 5.91 Å². The Hall–Kier alpha value is -3.26. The highest BCUT2D eigenvalue weighted by Crippen LogP contribution is 2.31. The predicted molar refractivity (Wildman–Crippen MR) is 118 cm³/mol.